The van der Waals surface area contributed by atoms with Gasteiger partial charge in [-0.2, -0.15) is 0 Å². The van der Waals surface area contributed by atoms with Crippen LogP contribution in [0, 0.1) is 0 Å². The number of hydrogen-bond donors (Lipinski definition) is 2. The van der Waals surface area contributed by atoms with E-state index >= 15 is 0 Å². The number of carbonyl (C=O) groups is 1. The molecule has 0 aliphatic rings. The molecule has 0 aliphatic carbocycles. The van der Waals surface area contributed by atoms with Gasteiger partial charge in [0, 0.05) is 5.56 Å². The molecular formula is C8H6ClF2NO2. The summed E-state index contributed by atoms with van der Waals surface area (Å²) in [6.07, 6.45) is -2.89. The van der Waals surface area contributed by atoms with Crippen LogP contribution < -0.4 is 5.73 Å². The highest BCUT2D eigenvalue weighted by atomic mass is 35.5. The maximum Gasteiger partial charge on any atom is 0.338 e. The Kier molecular flexibility index (Phi) is 2.90. The Labute approximate surface area is 83.1 Å². The normalized spacial score (nSPS) is 10.6. The lowest BCUT2D eigenvalue weighted by molar-refractivity contribution is 0.0686. The number of nitrogen functional groups attached to an aromatic ring is 1. The van der Waals surface area contributed by atoms with Crippen molar-refractivity contribution in [2.45, 2.75) is 6.43 Å². The molecule has 0 spiro atoms. The molecule has 0 unspecified atom stereocenters. The van der Waals surface area contributed by atoms with Gasteiger partial charge in [0.05, 0.1) is 16.3 Å². The van der Waals surface area contributed by atoms with Gasteiger partial charge in [0.15, 0.2) is 0 Å². The van der Waals surface area contributed by atoms with Gasteiger partial charge in [0.25, 0.3) is 6.43 Å². The molecule has 6 heteroatoms. The van der Waals surface area contributed by atoms with Gasteiger partial charge in [-0.3, -0.25) is 0 Å². The van der Waals surface area contributed by atoms with Crippen molar-refractivity contribution < 1.29 is 18.7 Å². The summed E-state index contributed by atoms with van der Waals surface area (Å²) in [6.45, 7) is 0. The lowest BCUT2D eigenvalue weighted by atomic mass is 10.1. The molecule has 14 heavy (non-hydrogen) atoms. The summed E-state index contributed by atoms with van der Waals surface area (Å²) in [7, 11) is 0. The van der Waals surface area contributed by atoms with Gasteiger partial charge < -0.3 is 10.8 Å². The van der Waals surface area contributed by atoms with E-state index in [4.69, 9.17) is 22.4 Å². The topological polar surface area (TPSA) is 63.3 Å². The zero-order valence-corrected chi connectivity index (χ0v) is 7.55. The van der Waals surface area contributed by atoms with Crippen molar-refractivity contribution >= 4 is 23.3 Å². The molecule has 0 radical (unpaired) electrons. The Morgan fingerprint density at radius 3 is 2.50 bits per heavy atom. The summed E-state index contributed by atoms with van der Waals surface area (Å²) in [4.78, 5) is 10.6. The molecule has 0 heterocycles. The number of aromatic carboxylic acids is 1. The molecule has 0 fully saturated rings. The summed E-state index contributed by atoms with van der Waals surface area (Å²) in [5, 5.41) is 8.60. The van der Waals surface area contributed by atoms with Crippen molar-refractivity contribution in [2.24, 2.45) is 0 Å². The third kappa shape index (κ3) is 1.77. The van der Waals surface area contributed by atoms with Crippen molar-refractivity contribution in [1.82, 2.24) is 0 Å². The van der Waals surface area contributed by atoms with E-state index in [-0.39, 0.29) is 10.7 Å². The zero-order valence-electron chi connectivity index (χ0n) is 6.80. The molecule has 1 aromatic carbocycles. The summed E-state index contributed by atoms with van der Waals surface area (Å²) < 4.78 is 24.7. The van der Waals surface area contributed by atoms with E-state index in [1.54, 1.807) is 0 Å². The smallest absolute Gasteiger partial charge is 0.338 e. The number of carboxylic acids is 1. The summed E-state index contributed by atoms with van der Waals surface area (Å²) >= 11 is 5.50. The van der Waals surface area contributed by atoms with Gasteiger partial charge in [-0.15, -0.1) is 0 Å². The predicted octanol–water partition coefficient (Wildman–Crippen LogP) is 2.56. The molecular weight excluding hydrogens is 216 g/mol. The largest absolute Gasteiger partial charge is 0.478 e. The van der Waals surface area contributed by atoms with Crippen LogP contribution in [0.1, 0.15) is 22.3 Å². The summed E-state index contributed by atoms with van der Waals surface area (Å²) in [5.41, 5.74) is 3.68. The van der Waals surface area contributed by atoms with E-state index in [1.165, 1.54) is 0 Å². The van der Waals surface area contributed by atoms with Crippen molar-refractivity contribution in [3.8, 4) is 0 Å². The monoisotopic (exact) mass is 221 g/mol. The molecule has 0 saturated carbocycles. The van der Waals surface area contributed by atoms with Crippen molar-refractivity contribution in [2.75, 3.05) is 5.73 Å². The van der Waals surface area contributed by atoms with Gasteiger partial charge in [0.2, 0.25) is 0 Å². The van der Waals surface area contributed by atoms with Crippen LogP contribution in [0.2, 0.25) is 5.02 Å². The first-order valence-electron chi connectivity index (χ1n) is 3.54. The van der Waals surface area contributed by atoms with Crippen molar-refractivity contribution in [3.63, 3.8) is 0 Å². The molecule has 0 atom stereocenters. The predicted molar refractivity (Wildman–Crippen MR) is 47.8 cm³/mol. The van der Waals surface area contributed by atoms with E-state index in [9.17, 15) is 13.6 Å². The lowest BCUT2D eigenvalue weighted by Gasteiger charge is -2.08. The molecule has 0 aromatic heterocycles. The molecule has 0 bridgehead atoms. The SMILES string of the molecule is Nc1c(Cl)ccc(C(F)F)c1C(=O)O. The first-order valence-corrected chi connectivity index (χ1v) is 3.92. The minimum Gasteiger partial charge on any atom is -0.478 e. The van der Waals surface area contributed by atoms with Crippen LogP contribution in [-0.4, -0.2) is 11.1 Å². The van der Waals surface area contributed by atoms with Crippen molar-refractivity contribution in [1.29, 1.82) is 0 Å². The van der Waals surface area contributed by atoms with Gasteiger partial charge in [-0.1, -0.05) is 17.7 Å². The van der Waals surface area contributed by atoms with Gasteiger partial charge in [-0.25, -0.2) is 13.6 Å². The molecule has 0 amide bonds. The van der Waals surface area contributed by atoms with E-state index in [1.807, 2.05) is 0 Å². The van der Waals surface area contributed by atoms with Crippen molar-refractivity contribution in [3.05, 3.63) is 28.3 Å². The Morgan fingerprint density at radius 2 is 2.07 bits per heavy atom. The Morgan fingerprint density at radius 1 is 1.50 bits per heavy atom. The molecule has 1 aromatic rings. The van der Waals surface area contributed by atoms with E-state index in [0.717, 1.165) is 12.1 Å². The van der Waals surface area contributed by atoms with Crippen LogP contribution in [0.3, 0.4) is 0 Å². The number of nitrogens with two attached hydrogens (primary N) is 1. The van der Waals surface area contributed by atoms with Crippen LogP contribution in [0.5, 0.6) is 0 Å². The fourth-order valence-electron chi connectivity index (χ4n) is 1.03. The Hall–Kier alpha value is -1.36. The number of hydrogen-bond acceptors (Lipinski definition) is 2. The number of alkyl halides is 2. The third-order valence-corrected chi connectivity index (χ3v) is 2.00. The second-order valence-electron chi connectivity index (χ2n) is 2.53. The maximum atomic E-state index is 12.3. The van der Waals surface area contributed by atoms with Crippen LogP contribution in [0.15, 0.2) is 12.1 Å². The molecule has 3 nitrogen and oxygen atoms in total. The minimum absolute atomic E-state index is 0.0493. The highest BCUT2D eigenvalue weighted by Gasteiger charge is 2.21. The van der Waals surface area contributed by atoms with Gasteiger partial charge in [-0.05, 0) is 6.07 Å². The van der Waals surface area contributed by atoms with Crippen LogP contribution in [0.4, 0.5) is 14.5 Å². The third-order valence-electron chi connectivity index (χ3n) is 1.67. The minimum atomic E-state index is -2.89. The standard InChI is InChI=1S/C8H6ClF2NO2/c9-4-2-1-3(7(10)11)5(6(4)12)8(13)14/h1-2,7H,12H2,(H,13,14). The number of halogens is 3. The summed E-state index contributed by atoms with van der Waals surface area (Å²) in [5.74, 6) is -1.51. The van der Waals surface area contributed by atoms with Crippen LogP contribution in [-0.2, 0) is 0 Å². The number of rotatable bonds is 2. The zero-order chi connectivity index (χ0) is 10.9. The number of benzene rings is 1. The fraction of sp³-hybridized carbons (Fsp3) is 0.125. The van der Waals surface area contributed by atoms with Crippen LogP contribution in [0.25, 0.3) is 0 Å². The Bertz CT molecular complexity index is 382. The van der Waals surface area contributed by atoms with Gasteiger partial charge in [0.1, 0.15) is 0 Å². The molecule has 0 saturated heterocycles. The molecule has 1 rings (SSSR count). The molecule has 76 valence electrons. The maximum absolute atomic E-state index is 12.3. The van der Waals surface area contributed by atoms with Crippen LogP contribution >= 0.6 is 11.6 Å². The highest BCUT2D eigenvalue weighted by Crippen LogP contribution is 2.31. The fourth-order valence-corrected chi connectivity index (χ4v) is 1.19. The first-order chi connectivity index (χ1) is 6.45. The summed E-state index contributed by atoms with van der Waals surface area (Å²) in [6, 6.07) is 2.09. The molecule has 0 aliphatic heterocycles. The second kappa shape index (κ2) is 3.79. The average molecular weight is 222 g/mol. The average Bonchev–Trinajstić information content (AvgIpc) is 2.08. The van der Waals surface area contributed by atoms with Gasteiger partial charge >= 0.3 is 5.97 Å². The quantitative estimate of drug-likeness (QED) is 0.755. The van der Waals surface area contributed by atoms with E-state index in [0.29, 0.717) is 0 Å². The highest BCUT2D eigenvalue weighted by molar-refractivity contribution is 6.33. The number of anilines is 1. The second-order valence-corrected chi connectivity index (χ2v) is 2.94. The first kappa shape index (κ1) is 10.7. The Balaban J connectivity index is 3.45. The van der Waals surface area contributed by atoms with E-state index < -0.39 is 23.5 Å². The van der Waals surface area contributed by atoms with E-state index in [2.05, 4.69) is 0 Å². The lowest BCUT2D eigenvalue weighted by Crippen LogP contribution is -2.07. The number of carboxylic acid groups (broad SMARTS) is 1. The molecule has 3 N–H and O–H groups in total.